The van der Waals surface area contributed by atoms with Crippen LogP contribution in [0, 0.1) is 0 Å². The molecule has 1 aromatic carbocycles. The molecule has 0 saturated carbocycles. The van der Waals surface area contributed by atoms with Gasteiger partial charge < -0.3 is 15.6 Å². The van der Waals surface area contributed by atoms with Crippen molar-refractivity contribution in [3.05, 3.63) is 18.2 Å². The Bertz CT molecular complexity index is 316. The molecule has 0 aliphatic carbocycles. The normalized spacial score (nSPS) is 10.5. The van der Waals surface area contributed by atoms with Crippen molar-refractivity contribution in [2.24, 2.45) is 0 Å². The quantitative estimate of drug-likeness (QED) is 0.574. The van der Waals surface area contributed by atoms with Gasteiger partial charge in [-0.25, -0.2) is 0 Å². The summed E-state index contributed by atoms with van der Waals surface area (Å²) in [5.74, 6) is -0.944. The summed E-state index contributed by atoms with van der Waals surface area (Å²) in [6.45, 7) is 0. The van der Waals surface area contributed by atoms with Crippen molar-refractivity contribution in [2.75, 3.05) is 5.73 Å². The summed E-state index contributed by atoms with van der Waals surface area (Å²) in [5, 5.41) is 8.92. The molecule has 14 heavy (non-hydrogen) atoms. The Morgan fingerprint density at radius 1 is 1.29 bits per heavy atom. The lowest BCUT2D eigenvalue weighted by Gasteiger charge is -2.09. The van der Waals surface area contributed by atoms with Crippen LogP contribution in [-0.2, 0) is 0 Å². The maximum absolute atomic E-state index is 11.6. The van der Waals surface area contributed by atoms with Gasteiger partial charge in [-0.15, -0.1) is 25.6 Å². The van der Waals surface area contributed by atoms with Crippen molar-refractivity contribution in [3.8, 4) is 11.5 Å². The number of phenolic OH excluding ortho intramolecular Hbond substituents is 1. The molecule has 0 spiro atoms. The second-order valence-corrected chi connectivity index (χ2v) is 2.27. The van der Waals surface area contributed by atoms with Crippen molar-refractivity contribution < 1.29 is 23.0 Å². The minimum absolute atomic E-state index is 0. The molecule has 0 bridgehead atoms. The highest BCUT2D eigenvalue weighted by Crippen LogP contribution is 2.29. The van der Waals surface area contributed by atoms with Crippen LogP contribution in [0.4, 0.5) is 18.9 Å². The minimum atomic E-state index is -4.76. The molecule has 0 fully saturated rings. The molecule has 3 N–H and O–H groups in total. The van der Waals surface area contributed by atoms with E-state index in [0.717, 1.165) is 18.2 Å². The number of alkyl halides is 3. The first-order valence-electron chi connectivity index (χ1n) is 3.23. The van der Waals surface area contributed by atoms with Crippen molar-refractivity contribution in [1.29, 1.82) is 0 Å². The van der Waals surface area contributed by atoms with Crippen molar-refractivity contribution in [3.63, 3.8) is 0 Å². The smallest absolute Gasteiger partial charge is 0.506 e. The largest absolute Gasteiger partial charge is 0.573 e. The number of rotatable bonds is 1. The lowest BCUT2D eigenvalue weighted by Crippen LogP contribution is -2.17. The zero-order chi connectivity index (χ0) is 10.1. The van der Waals surface area contributed by atoms with Crippen LogP contribution in [0.3, 0.4) is 0 Å². The molecular formula is C7H7ClF3NO2. The summed E-state index contributed by atoms with van der Waals surface area (Å²) in [7, 11) is 0. The number of hydrogen-bond donors (Lipinski definition) is 2. The van der Waals surface area contributed by atoms with E-state index in [2.05, 4.69) is 4.74 Å². The fourth-order valence-electron chi connectivity index (χ4n) is 0.721. The van der Waals surface area contributed by atoms with Gasteiger partial charge in [0.25, 0.3) is 0 Å². The first-order chi connectivity index (χ1) is 5.88. The number of nitrogens with two attached hydrogens (primary N) is 1. The third-order valence-electron chi connectivity index (χ3n) is 1.24. The topological polar surface area (TPSA) is 55.5 Å². The number of benzene rings is 1. The summed E-state index contributed by atoms with van der Waals surface area (Å²) in [6.07, 6.45) is -4.76. The van der Waals surface area contributed by atoms with E-state index in [0.29, 0.717) is 0 Å². The number of halogens is 4. The predicted molar refractivity (Wildman–Crippen MR) is 46.5 cm³/mol. The summed E-state index contributed by atoms with van der Waals surface area (Å²) in [4.78, 5) is 0. The zero-order valence-electron chi connectivity index (χ0n) is 6.71. The van der Waals surface area contributed by atoms with Gasteiger partial charge in [0, 0.05) is 6.07 Å². The lowest BCUT2D eigenvalue weighted by atomic mass is 10.3. The van der Waals surface area contributed by atoms with Crippen molar-refractivity contribution in [2.45, 2.75) is 6.36 Å². The Kier molecular flexibility index (Phi) is 3.88. The molecule has 0 aliphatic rings. The molecule has 0 atom stereocenters. The van der Waals surface area contributed by atoms with Gasteiger partial charge >= 0.3 is 6.36 Å². The van der Waals surface area contributed by atoms with Gasteiger partial charge in [0.1, 0.15) is 11.5 Å². The van der Waals surface area contributed by atoms with Crippen LogP contribution in [0.15, 0.2) is 18.2 Å². The second kappa shape index (κ2) is 4.28. The fourth-order valence-corrected chi connectivity index (χ4v) is 0.721. The molecule has 0 aliphatic heterocycles. The molecule has 0 amide bonds. The van der Waals surface area contributed by atoms with Gasteiger partial charge in [-0.1, -0.05) is 0 Å². The number of ether oxygens (including phenoxy) is 1. The Hall–Kier alpha value is -1.30. The third kappa shape index (κ3) is 3.61. The monoisotopic (exact) mass is 229 g/mol. The number of nitrogen functional groups attached to an aromatic ring is 1. The fraction of sp³-hybridized carbons (Fsp3) is 0.143. The molecule has 0 unspecified atom stereocenters. The van der Waals surface area contributed by atoms with E-state index in [9.17, 15) is 13.2 Å². The summed E-state index contributed by atoms with van der Waals surface area (Å²) in [6, 6.07) is 2.93. The number of phenols is 1. The molecule has 7 heteroatoms. The lowest BCUT2D eigenvalue weighted by molar-refractivity contribution is -0.274. The van der Waals surface area contributed by atoms with E-state index in [4.69, 9.17) is 10.8 Å². The molecular weight excluding hydrogens is 223 g/mol. The summed E-state index contributed by atoms with van der Waals surface area (Å²) >= 11 is 0. The number of hydrogen-bond acceptors (Lipinski definition) is 3. The van der Waals surface area contributed by atoms with Crippen LogP contribution < -0.4 is 10.5 Å². The molecule has 0 saturated heterocycles. The molecule has 1 rings (SSSR count). The molecule has 0 heterocycles. The third-order valence-corrected chi connectivity index (χ3v) is 1.24. The van der Waals surface area contributed by atoms with Crippen LogP contribution in [0.1, 0.15) is 0 Å². The molecule has 0 aromatic heterocycles. The highest BCUT2D eigenvalue weighted by Gasteiger charge is 2.31. The van der Waals surface area contributed by atoms with Crippen LogP contribution in [0.25, 0.3) is 0 Å². The van der Waals surface area contributed by atoms with Crippen LogP contribution in [-0.4, -0.2) is 11.5 Å². The van der Waals surface area contributed by atoms with Gasteiger partial charge in [-0.2, -0.15) is 0 Å². The highest BCUT2D eigenvalue weighted by molar-refractivity contribution is 5.85. The van der Waals surface area contributed by atoms with E-state index in [1.165, 1.54) is 0 Å². The van der Waals surface area contributed by atoms with Crippen molar-refractivity contribution in [1.82, 2.24) is 0 Å². The predicted octanol–water partition coefficient (Wildman–Crippen LogP) is 2.29. The van der Waals surface area contributed by atoms with Gasteiger partial charge in [-0.05, 0) is 12.1 Å². The number of aromatic hydroxyl groups is 1. The Morgan fingerprint density at radius 2 is 1.86 bits per heavy atom. The standard InChI is InChI=1S/C7H6F3NO2.ClH/c8-7(9,10)13-4-1-2-5(11)6(12)3-4;/h1-3,12H,11H2;1H. The number of anilines is 1. The summed E-state index contributed by atoms with van der Waals surface area (Å²) in [5.41, 5.74) is 5.16. The Morgan fingerprint density at radius 3 is 2.29 bits per heavy atom. The van der Waals surface area contributed by atoms with Gasteiger partial charge in [-0.3, -0.25) is 0 Å². The van der Waals surface area contributed by atoms with Gasteiger partial charge in [0.2, 0.25) is 0 Å². The van der Waals surface area contributed by atoms with E-state index < -0.39 is 17.9 Å². The minimum Gasteiger partial charge on any atom is -0.506 e. The first-order valence-corrected chi connectivity index (χ1v) is 3.23. The van der Waals surface area contributed by atoms with Crippen LogP contribution in [0.2, 0.25) is 0 Å². The summed E-state index contributed by atoms with van der Waals surface area (Å²) < 4.78 is 38.4. The highest BCUT2D eigenvalue weighted by atomic mass is 35.5. The zero-order valence-corrected chi connectivity index (χ0v) is 7.52. The SMILES string of the molecule is Cl.Nc1ccc(OC(F)(F)F)cc1O. The first kappa shape index (κ1) is 12.7. The van der Waals surface area contributed by atoms with Gasteiger partial charge in [0.15, 0.2) is 0 Å². The Balaban J connectivity index is 0.00000169. The van der Waals surface area contributed by atoms with Crippen molar-refractivity contribution >= 4 is 18.1 Å². The Labute approximate surface area is 83.7 Å². The van der Waals surface area contributed by atoms with E-state index in [-0.39, 0.29) is 18.1 Å². The average molecular weight is 230 g/mol. The molecule has 0 radical (unpaired) electrons. The maximum Gasteiger partial charge on any atom is 0.573 e. The van der Waals surface area contributed by atoms with E-state index >= 15 is 0 Å². The molecule has 1 aromatic rings. The maximum atomic E-state index is 11.6. The van der Waals surface area contributed by atoms with Crippen LogP contribution in [0.5, 0.6) is 11.5 Å². The second-order valence-electron chi connectivity index (χ2n) is 2.27. The van der Waals surface area contributed by atoms with Crippen LogP contribution >= 0.6 is 12.4 Å². The van der Waals surface area contributed by atoms with E-state index in [1.807, 2.05) is 0 Å². The van der Waals surface area contributed by atoms with E-state index in [1.54, 1.807) is 0 Å². The molecule has 80 valence electrons. The average Bonchev–Trinajstić information content (AvgIpc) is 1.94. The molecule has 3 nitrogen and oxygen atoms in total. The van der Waals surface area contributed by atoms with Gasteiger partial charge in [0.05, 0.1) is 5.69 Å².